The van der Waals surface area contributed by atoms with Gasteiger partial charge in [0, 0.05) is 6.54 Å². The number of hydrogen-bond acceptors (Lipinski definition) is 3. The van der Waals surface area contributed by atoms with Crippen molar-refractivity contribution < 1.29 is 14.2 Å². The topological polar surface area (TPSA) is 65.9 Å². The summed E-state index contributed by atoms with van der Waals surface area (Å²) in [5, 5.41) is 16.4. The number of hydrogen-bond donors (Lipinski definition) is 3. The first-order valence-electron chi connectivity index (χ1n) is 8.73. The van der Waals surface area contributed by atoms with Crippen LogP contribution in [0.4, 0.5) is 4.39 Å². The number of guanidine groups is 1. The number of aliphatic hydroxyl groups is 1. The van der Waals surface area contributed by atoms with Gasteiger partial charge in [0.15, 0.2) is 5.96 Å². The quantitative estimate of drug-likeness (QED) is 0.385. The molecule has 0 radical (unpaired) electrons. The molecule has 3 N–H and O–H groups in total. The number of ether oxygens (including phenoxy) is 1. The molecule has 2 aromatic carbocycles. The number of aliphatic imine (C=N–C) groups is 1. The first-order valence-corrected chi connectivity index (χ1v) is 8.73. The molecule has 140 valence electrons. The Balaban J connectivity index is 1.80. The average Bonchev–Trinajstić information content (AvgIpc) is 2.65. The van der Waals surface area contributed by atoms with Gasteiger partial charge in [0.2, 0.25) is 0 Å². The Morgan fingerprint density at radius 1 is 1.12 bits per heavy atom. The van der Waals surface area contributed by atoms with Crippen LogP contribution in [0.2, 0.25) is 0 Å². The highest BCUT2D eigenvalue weighted by Crippen LogP contribution is 2.13. The van der Waals surface area contributed by atoms with E-state index in [2.05, 4.69) is 15.6 Å². The summed E-state index contributed by atoms with van der Waals surface area (Å²) in [5.74, 6) is 1.10. The van der Waals surface area contributed by atoms with Crippen molar-refractivity contribution in [1.29, 1.82) is 0 Å². The van der Waals surface area contributed by atoms with Gasteiger partial charge in [-0.05, 0) is 43.7 Å². The fourth-order valence-electron chi connectivity index (χ4n) is 2.28. The molecule has 0 aliphatic rings. The van der Waals surface area contributed by atoms with E-state index in [-0.39, 0.29) is 12.4 Å². The van der Waals surface area contributed by atoms with Crippen molar-refractivity contribution >= 4 is 5.96 Å². The number of benzene rings is 2. The van der Waals surface area contributed by atoms with Crippen molar-refractivity contribution in [2.75, 3.05) is 26.2 Å². The number of halogens is 1. The lowest BCUT2D eigenvalue weighted by Crippen LogP contribution is -2.39. The zero-order valence-electron chi connectivity index (χ0n) is 15.2. The van der Waals surface area contributed by atoms with Crippen molar-refractivity contribution in [2.24, 2.45) is 4.99 Å². The van der Waals surface area contributed by atoms with E-state index in [0.29, 0.717) is 31.2 Å². The van der Waals surface area contributed by atoms with Crippen LogP contribution in [0.5, 0.6) is 5.75 Å². The van der Waals surface area contributed by atoms with E-state index in [0.717, 1.165) is 5.75 Å². The molecule has 0 bridgehead atoms. The van der Waals surface area contributed by atoms with Crippen LogP contribution < -0.4 is 15.4 Å². The fraction of sp³-hybridized carbons (Fsp3) is 0.350. The first kappa shape index (κ1) is 19.7. The minimum Gasteiger partial charge on any atom is -0.492 e. The highest BCUT2D eigenvalue weighted by molar-refractivity contribution is 5.79. The second-order valence-corrected chi connectivity index (χ2v) is 5.88. The van der Waals surface area contributed by atoms with Gasteiger partial charge in [-0.15, -0.1) is 0 Å². The zero-order valence-corrected chi connectivity index (χ0v) is 15.2. The van der Waals surface area contributed by atoms with E-state index in [1.165, 1.54) is 17.7 Å². The van der Waals surface area contributed by atoms with E-state index >= 15 is 0 Å². The predicted molar refractivity (Wildman–Crippen MR) is 102 cm³/mol. The van der Waals surface area contributed by atoms with Crippen LogP contribution >= 0.6 is 0 Å². The molecule has 2 rings (SSSR count). The molecular formula is C20H26FN3O2. The van der Waals surface area contributed by atoms with Gasteiger partial charge in [-0.1, -0.05) is 29.8 Å². The molecule has 0 amide bonds. The van der Waals surface area contributed by atoms with E-state index in [1.807, 2.05) is 38.1 Å². The Labute approximate surface area is 153 Å². The van der Waals surface area contributed by atoms with Crippen molar-refractivity contribution in [3.8, 4) is 5.75 Å². The second kappa shape index (κ2) is 10.4. The third kappa shape index (κ3) is 6.72. The van der Waals surface area contributed by atoms with Crippen LogP contribution in [0.25, 0.3) is 0 Å². The van der Waals surface area contributed by atoms with Crippen LogP contribution in [0, 0.1) is 12.7 Å². The molecule has 1 unspecified atom stereocenters. The summed E-state index contributed by atoms with van der Waals surface area (Å²) < 4.78 is 18.6. The van der Waals surface area contributed by atoms with Crippen LogP contribution in [-0.4, -0.2) is 37.3 Å². The minimum atomic E-state index is -0.783. The molecule has 2 aromatic rings. The Kier molecular flexibility index (Phi) is 7.89. The monoisotopic (exact) mass is 359 g/mol. The standard InChI is InChI=1S/C20H26FN3O2/c1-3-22-20(23-12-13-26-18-10-4-15(2)5-11-18)24-14-19(25)16-6-8-17(21)9-7-16/h4-11,19,25H,3,12-14H2,1-2H3,(H2,22,23,24). The van der Waals surface area contributed by atoms with Gasteiger partial charge in [-0.3, -0.25) is 4.99 Å². The minimum absolute atomic E-state index is 0.180. The SMILES string of the molecule is CCNC(=NCC(O)c1ccc(F)cc1)NCCOc1ccc(C)cc1. The maximum Gasteiger partial charge on any atom is 0.191 e. The number of nitrogens with one attached hydrogen (secondary N) is 2. The molecule has 5 nitrogen and oxygen atoms in total. The van der Waals surface area contributed by atoms with Crippen molar-refractivity contribution in [3.63, 3.8) is 0 Å². The molecule has 0 aromatic heterocycles. The Morgan fingerprint density at radius 3 is 2.46 bits per heavy atom. The molecule has 6 heteroatoms. The normalized spacial score (nSPS) is 12.5. The second-order valence-electron chi connectivity index (χ2n) is 5.88. The molecule has 0 saturated carbocycles. The predicted octanol–water partition coefficient (Wildman–Crippen LogP) is 2.80. The van der Waals surface area contributed by atoms with Crippen molar-refractivity contribution in [3.05, 3.63) is 65.5 Å². The molecule has 0 aliphatic carbocycles. The first-order chi connectivity index (χ1) is 12.6. The highest BCUT2D eigenvalue weighted by Gasteiger charge is 2.07. The van der Waals surface area contributed by atoms with Gasteiger partial charge in [0.05, 0.1) is 19.2 Å². The molecule has 0 fully saturated rings. The summed E-state index contributed by atoms with van der Waals surface area (Å²) in [6.45, 7) is 5.96. The maximum absolute atomic E-state index is 12.9. The molecule has 1 atom stereocenters. The van der Waals surface area contributed by atoms with Gasteiger partial charge in [0.25, 0.3) is 0 Å². The summed E-state index contributed by atoms with van der Waals surface area (Å²) >= 11 is 0. The summed E-state index contributed by atoms with van der Waals surface area (Å²) in [6, 6.07) is 13.7. The summed E-state index contributed by atoms with van der Waals surface area (Å²) in [6.07, 6.45) is -0.783. The lowest BCUT2D eigenvalue weighted by atomic mass is 10.1. The largest absolute Gasteiger partial charge is 0.492 e. The Morgan fingerprint density at radius 2 is 1.81 bits per heavy atom. The molecule has 0 heterocycles. The zero-order chi connectivity index (χ0) is 18.8. The van der Waals surface area contributed by atoms with Gasteiger partial charge in [0.1, 0.15) is 18.2 Å². The van der Waals surface area contributed by atoms with E-state index in [9.17, 15) is 9.50 Å². The van der Waals surface area contributed by atoms with E-state index in [1.54, 1.807) is 12.1 Å². The van der Waals surface area contributed by atoms with E-state index in [4.69, 9.17) is 4.74 Å². The Hall–Kier alpha value is -2.60. The number of nitrogens with zero attached hydrogens (tertiary/aromatic N) is 1. The van der Waals surface area contributed by atoms with Crippen molar-refractivity contribution in [2.45, 2.75) is 20.0 Å². The molecule has 0 spiro atoms. The Bertz CT molecular complexity index is 687. The number of aryl methyl sites for hydroxylation is 1. The van der Waals surface area contributed by atoms with Crippen LogP contribution in [-0.2, 0) is 0 Å². The van der Waals surface area contributed by atoms with Gasteiger partial charge in [-0.25, -0.2) is 4.39 Å². The van der Waals surface area contributed by atoms with Gasteiger partial charge < -0.3 is 20.5 Å². The number of aliphatic hydroxyl groups excluding tert-OH is 1. The summed E-state index contributed by atoms with van der Waals surface area (Å²) in [5.41, 5.74) is 1.82. The fourth-order valence-corrected chi connectivity index (χ4v) is 2.28. The van der Waals surface area contributed by atoms with E-state index < -0.39 is 6.10 Å². The average molecular weight is 359 g/mol. The number of rotatable bonds is 8. The molecule has 0 saturated heterocycles. The van der Waals surface area contributed by atoms with Crippen molar-refractivity contribution in [1.82, 2.24) is 10.6 Å². The molecule has 0 aliphatic heterocycles. The lowest BCUT2D eigenvalue weighted by molar-refractivity contribution is 0.187. The van der Waals surface area contributed by atoms with Gasteiger partial charge in [-0.2, -0.15) is 0 Å². The lowest BCUT2D eigenvalue weighted by Gasteiger charge is -2.14. The molecule has 26 heavy (non-hydrogen) atoms. The summed E-state index contributed by atoms with van der Waals surface area (Å²) in [7, 11) is 0. The van der Waals surface area contributed by atoms with Crippen LogP contribution in [0.3, 0.4) is 0 Å². The van der Waals surface area contributed by atoms with Crippen LogP contribution in [0.15, 0.2) is 53.5 Å². The summed E-state index contributed by atoms with van der Waals surface area (Å²) in [4.78, 5) is 4.36. The highest BCUT2D eigenvalue weighted by atomic mass is 19.1. The third-order valence-corrected chi connectivity index (χ3v) is 3.71. The smallest absolute Gasteiger partial charge is 0.191 e. The molecular weight excluding hydrogens is 333 g/mol. The van der Waals surface area contributed by atoms with Gasteiger partial charge >= 0.3 is 0 Å². The third-order valence-electron chi connectivity index (χ3n) is 3.71. The maximum atomic E-state index is 12.9. The van der Waals surface area contributed by atoms with Crippen LogP contribution in [0.1, 0.15) is 24.2 Å².